The molecule has 2 fully saturated rings. The van der Waals surface area contributed by atoms with Gasteiger partial charge in [0.15, 0.2) is 0 Å². The summed E-state index contributed by atoms with van der Waals surface area (Å²) in [5, 5.41) is 18.3. The normalized spacial score (nSPS) is 18.5. The van der Waals surface area contributed by atoms with Crippen molar-refractivity contribution in [2.45, 2.75) is 23.8 Å². The summed E-state index contributed by atoms with van der Waals surface area (Å²) in [5.41, 5.74) is 1.94. The number of sulfonamides is 1. The van der Waals surface area contributed by atoms with Crippen molar-refractivity contribution in [2.75, 3.05) is 62.0 Å². The van der Waals surface area contributed by atoms with Gasteiger partial charge in [0.1, 0.15) is 6.07 Å². The number of carbonyl (C=O) groups is 1. The summed E-state index contributed by atoms with van der Waals surface area (Å²) in [4.78, 5) is 12.7. The van der Waals surface area contributed by atoms with Crippen molar-refractivity contribution in [1.29, 1.82) is 5.26 Å². The Balaban J connectivity index is 1.51. The summed E-state index contributed by atoms with van der Waals surface area (Å²) in [6.45, 7) is 2.50. The molecule has 0 radical (unpaired) electrons. The number of anilines is 3. The molecule has 0 saturated carbocycles. The van der Waals surface area contributed by atoms with Crippen molar-refractivity contribution in [3.8, 4) is 6.07 Å². The lowest BCUT2D eigenvalue weighted by Gasteiger charge is -2.26. The SMILES string of the molecule is N#Cc1ccccc1NC(=O)CNc1cc(S(=O)(=O)N2CCOCC2)ccc1NC[C@@H]1CCCO1. The third-order valence-corrected chi connectivity index (χ3v) is 7.80. The second-order valence-electron chi connectivity index (χ2n) is 8.30. The molecule has 2 aromatic carbocycles. The van der Waals surface area contributed by atoms with Gasteiger partial charge in [-0.15, -0.1) is 0 Å². The average Bonchev–Trinajstić information content (AvgIpc) is 3.41. The van der Waals surface area contributed by atoms with E-state index in [-0.39, 0.29) is 23.5 Å². The molecule has 10 nitrogen and oxygen atoms in total. The van der Waals surface area contributed by atoms with Gasteiger partial charge < -0.3 is 25.4 Å². The van der Waals surface area contributed by atoms with Gasteiger partial charge in [0.05, 0.1) is 53.4 Å². The first kappa shape index (κ1) is 24.9. The number of nitrogens with zero attached hydrogens (tertiary/aromatic N) is 2. The quantitative estimate of drug-likeness (QED) is 0.478. The van der Waals surface area contributed by atoms with Gasteiger partial charge in [0, 0.05) is 26.2 Å². The Kier molecular flexibility index (Phi) is 8.20. The highest BCUT2D eigenvalue weighted by Crippen LogP contribution is 2.28. The topological polar surface area (TPSA) is 133 Å². The van der Waals surface area contributed by atoms with Crippen LogP contribution in [0.3, 0.4) is 0 Å². The van der Waals surface area contributed by atoms with Crippen LogP contribution in [-0.2, 0) is 24.3 Å². The fourth-order valence-corrected chi connectivity index (χ4v) is 5.44. The third-order valence-electron chi connectivity index (χ3n) is 5.90. The van der Waals surface area contributed by atoms with E-state index in [1.54, 1.807) is 42.5 Å². The van der Waals surface area contributed by atoms with Crippen LogP contribution in [0, 0.1) is 11.3 Å². The molecule has 2 heterocycles. The second kappa shape index (κ2) is 11.5. The molecule has 0 unspecified atom stereocenters. The van der Waals surface area contributed by atoms with Gasteiger partial charge in [-0.2, -0.15) is 9.57 Å². The van der Waals surface area contributed by atoms with Crippen LogP contribution < -0.4 is 16.0 Å². The van der Waals surface area contributed by atoms with Crippen LogP contribution in [0.1, 0.15) is 18.4 Å². The van der Waals surface area contributed by atoms with Gasteiger partial charge in [0.2, 0.25) is 15.9 Å². The van der Waals surface area contributed by atoms with E-state index >= 15 is 0 Å². The van der Waals surface area contributed by atoms with Crippen molar-refractivity contribution < 1.29 is 22.7 Å². The largest absolute Gasteiger partial charge is 0.381 e. The third kappa shape index (κ3) is 6.29. The zero-order valence-corrected chi connectivity index (χ0v) is 20.1. The minimum Gasteiger partial charge on any atom is -0.381 e. The predicted octanol–water partition coefficient (Wildman–Crippen LogP) is 2.22. The Morgan fingerprint density at radius 1 is 1.06 bits per heavy atom. The summed E-state index contributed by atoms with van der Waals surface area (Å²) < 4.78 is 38.7. The number of morpholine rings is 1. The van der Waals surface area contributed by atoms with Gasteiger partial charge >= 0.3 is 0 Å². The van der Waals surface area contributed by atoms with Gasteiger partial charge in [0.25, 0.3) is 0 Å². The maximum Gasteiger partial charge on any atom is 0.243 e. The first-order valence-corrected chi connectivity index (χ1v) is 13.0. The number of rotatable bonds is 9. The van der Waals surface area contributed by atoms with Crippen molar-refractivity contribution in [3.05, 3.63) is 48.0 Å². The molecule has 2 saturated heterocycles. The van der Waals surface area contributed by atoms with E-state index in [9.17, 15) is 18.5 Å². The standard InChI is InChI=1S/C24H29N5O5S/c25-15-18-4-1-2-6-21(18)28-24(30)17-27-23-14-20(35(31,32)29-9-12-33-13-10-29)7-8-22(23)26-16-19-5-3-11-34-19/h1-2,4,6-8,14,19,26-27H,3,5,9-13,16-17H2,(H,28,30)/t19-/m0/s1. The lowest BCUT2D eigenvalue weighted by Crippen LogP contribution is -2.40. The molecule has 2 aliphatic heterocycles. The molecule has 11 heteroatoms. The molecule has 35 heavy (non-hydrogen) atoms. The zero-order chi connectivity index (χ0) is 24.7. The van der Waals surface area contributed by atoms with Crippen LogP contribution in [0.4, 0.5) is 17.1 Å². The van der Waals surface area contributed by atoms with Gasteiger partial charge in [-0.3, -0.25) is 4.79 Å². The Labute approximate surface area is 205 Å². The Morgan fingerprint density at radius 3 is 2.60 bits per heavy atom. The number of carbonyl (C=O) groups excluding carboxylic acids is 1. The van der Waals surface area contributed by atoms with Crippen LogP contribution in [0.25, 0.3) is 0 Å². The van der Waals surface area contributed by atoms with Crippen LogP contribution >= 0.6 is 0 Å². The number of hydrogen-bond acceptors (Lipinski definition) is 8. The highest BCUT2D eigenvalue weighted by molar-refractivity contribution is 7.89. The highest BCUT2D eigenvalue weighted by Gasteiger charge is 2.27. The number of hydrogen-bond donors (Lipinski definition) is 3. The molecule has 0 aromatic heterocycles. The second-order valence-corrected chi connectivity index (χ2v) is 10.2. The summed E-state index contributed by atoms with van der Waals surface area (Å²) >= 11 is 0. The lowest BCUT2D eigenvalue weighted by molar-refractivity contribution is -0.114. The number of ether oxygens (including phenoxy) is 2. The van der Waals surface area contributed by atoms with E-state index in [0.717, 1.165) is 19.4 Å². The molecule has 1 amide bonds. The van der Waals surface area contributed by atoms with Crippen LogP contribution in [-0.4, -0.2) is 70.7 Å². The summed E-state index contributed by atoms with van der Waals surface area (Å²) in [7, 11) is -3.70. The van der Waals surface area contributed by atoms with Gasteiger partial charge in [-0.05, 0) is 43.2 Å². The van der Waals surface area contributed by atoms with Gasteiger partial charge in [-0.1, -0.05) is 12.1 Å². The summed E-state index contributed by atoms with van der Waals surface area (Å²) in [5.74, 6) is -0.362. The monoisotopic (exact) mass is 499 g/mol. The van der Waals surface area contributed by atoms with E-state index in [1.165, 1.54) is 4.31 Å². The van der Waals surface area contributed by atoms with E-state index in [2.05, 4.69) is 16.0 Å². The van der Waals surface area contributed by atoms with E-state index in [0.29, 0.717) is 55.5 Å². The van der Waals surface area contributed by atoms with E-state index in [4.69, 9.17) is 9.47 Å². The molecule has 0 spiro atoms. The molecule has 2 aliphatic rings. The van der Waals surface area contributed by atoms with Crippen LogP contribution in [0.15, 0.2) is 47.4 Å². The average molecular weight is 500 g/mol. The minimum absolute atomic E-state index is 0.0883. The van der Waals surface area contributed by atoms with E-state index < -0.39 is 10.0 Å². The maximum absolute atomic E-state index is 13.2. The molecular formula is C24H29N5O5S. The number of amides is 1. The van der Waals surface area contributed by atoms with Crippen molar-refractivity contribution in [1.82, 2.24) is 4.31 Å². The van der Waals surface area contributed by atoms with Crippen LogP contribution in [0.2, 0.25) is 0 Å². The molecule has 4 rings (SSSR count). The van der Waals surface area contributed by atoms with Crippen molar-refractivity contribution in [2.24, 2.45) is 0 Å². The fourth-order valence-electron chi connectivity index (χ4n) is 4.01. The Bertz CT molecular complexity index is 1190. The number of benzene rings is 2. The smallest absolute Gasteiger partial charge is 0.243 e. The molecule has 1 atom stereocenters. The van der Waals surface area contributed by atoms with Crippen molar-refractivity contribution in [3.63, 3.8) is 0 Å². The summed E-state index contributed by atoms with van der Waals surface area (Å²) in [6, 6.07) is 13.6. The predicted molar refractivity (Wildman–Crippen MR) is 132 cm³/mol. The fraction of sp³-hybridized carbons (Fsp3) is 0.417. The lowest BCUT2D eigenvalue weighted by atomic mass is 10.2. The van der Waals surface area contributed by atoms with E-state index in [1.807, 2.05) is 6.07 Å². The van der Waals surface area contributed by atoms with Gasteiger partial charge in [-0.25, -0.2) is 8.42 Å². The highest BCUT2D eigenvalue weighted by atomic mass is 32.2. The molecular weight excluding hydrogens is 470 g/mol. The maximum atomic E-state index is 13.2. The Morgan fingerprint density at radius 2 is 1.86 bits per heavy atom. The zero-order valence-electron chi connectivity index (χ0n) is 19.3. The first-order chi connectivity index (χ1) is 17.0. The molecule has 0 bridgehead atoms. The molecule has 3 N–H and O–H groups in total. The molecule has 186 valence electrons. The first-order valence-electron chi connectivity index (χ1n) is 11.6. The number of para-hydroxylation sites is 1. The molecule has 2 aromatic rings. The summed E-state index contributed by atoms with van der Waals surface area (Å²) in [6.07, 6.45) is 2.06. The molecule has 0 aliphatic carbocycles. The van der Waals surface area contributed by atoms with Crippen molar-refractivity contribution >= 4 is 33.0 Å². The minimum atomic E-state index is -3.70. The Hall–Kier alpha value is -3.17. The van der Waals surface area contributed by atoms with Crippen LogP contribution in [0.5, 0.6) is 0 Å². The number of nitriles is 1. The number of nitrogens with one attached hydrogen (secondary N) is 3.